The molecule has 0 fully saturated rings. The molecule has 0 spiro atoms. The second-order valence-electron chi connectivity index (χ2n) is 7.98. The fourth-order valence-electron chi connectivity index (χ4n) is 4.01. The van der Waals surface area contributed by atoms with Crippen LogP contribution in [-0.4, -0.2) is 16.2 Å². The second kappa shape index (κ2) is 9.15. The van der Waals surface area contributed by atoms with Gasteiger partial charge in [0, 0.05) is 6.54 Å². The highest BCUT2D eigenvalue weighted by molar-refractivity contribution is 5.83. The van der Waals surface area contributed by atoms with E-state index in [2.05, 4.69) is 66.1 Å². The van der Waals surface area contributed by atoms with E-state index in [1.54, 1.807) is 0 Å². The molecule has 0 unspecified atom stereocenters. The highest BCUT2D eigenvalue weighted by Crippen LogP contribution is 2.23. The average molecular weight is 423 g/mol. The maximum absolute atomic E-state index is 6.14. The summed E-state index contributed by atoms with van der Waals surface area (Å²) in [6.07, 6.45) is 0.886. The Bertz CT molecular complexity index is 1360. The summed E-state index contributed by atoms with van der Waals surface area (Å²) in [5.74, 6) is 2.69. The van der Waals surface area contributed by atoms with Crippen LogP contribution in [0.4, 0.5) is 0 Å². The van der Waals surface area contributed by atoms with E-state index in [0.717, 1.165) is 41.3 Å². The molecule has 4 nitrogen and oxygen atoms in total. The molecule has 5 rings (SSSR count). The van der Waals surface area contributed by atoms with E-state index in [0.29, 0.717) is 13.2 Å². The smallest absolute Gasteiger partial charge is 0.147 e. The Labute approximate surface area is 188 Å². The maximum atomic E-state index is 6.14. The number of hydrogen-bond donors (Lipinski definition) is 0. The Morgan fingerprint density at radius 1 is 0.750 bits per heavy atom. The molecule has 32 heavy (non-hydrogen) atoms. The van der Waals surface area contributed by atoms with Crippen molar-refractivity contribution >= 4 is 21.8 Å². The van der Waals surface area contributed by atoms with Crippen LogP contribution in [0, 0.1) is 6.92 Å². The van der Waals surface area contributed by atoms with Gasteiger partial charge in [0.25, 0.3) is 0 Å². The zero-order valence-corrected chi connectivity index (χ0v) is 18.2. The van der Waals surface area contributed by atoms with Gasteiger partial charge in [-0.2, -0.15) is 0 Å². The van der Waals surface area contributed by atoms with Gasteiger partial charge in [-0.25, -0.2) is 4.98 Å². The van der Waals surface area contributed by atoms with E-state index in [9.17, 15) is 0 Å². The van der Waals surface area contributed by atoms with E-state index < -0.39 is 0 Å². The van der Waals surface area contributed by atoms with Gasteiger partial charge in [-0.05, 0) is 66.1 Å². The molecule has 4 heteroatoms. The zero-order chi connectivity index (χ0) is 21.8. The normalized spacial score (nSPS) is 11.2. The Morgan fingerprint density at radius 2 is 1.56 bits per heavy atom. The number of para-hydroxylation sites is 2. The summed E-state index contributed by atoms with van der Waals surface area (Å²) < 4.78 is 14.3. The molecule has 0 aliphatic carbocycles. The van der Waals surface area contributed by atoms with E-state index >= 15 is 0 Å². The fourth-order valence-corrected chi connectivity index (χ4v) is 4.01. The van der Waals surface area contributed by atoms with Crippen LogP contribution in [0.1, 0.15) is 17.8 Å². The molecule has 0 aliphatic rings. The molecule has 1 heterocycles. The van der Waals surface area contributed by atoms with Gasteiger partial charge in [-0.1, -0.05) is 54.6 Å². The van der Waals surface area contributed by atoms with Crippen molar-refractivity contribution in [3.8, 4) is 11.5 Å². The third-order valence-electron chi connectivity index (χ3n) is 5.61. The zero-order valence-electron chi connectivity index (χ0n) is 18.2. The van der Waals surface area contributed by atoms with Gasteiger partial charge >= 0.3 is 0 Å². The summed E-state index contributed by atoms with van der Waals surface area (Å²) >= 11 is 0. The summed E-state index contributed by atoms with van der Waals surface area (Å²) in [6.45, 7) is 3.97. The second-order valence-corrected chi connectivity index (χ2v) is 7.98. The van der Waals surface area contributed by atoms with Crippen molar-refractivity contribution < 1.29 is 9.47 Å². The first-order chi connectivity index (χ1) is 15.8. The van der Waals surface area contributed by atoms with Gasteiger partial charge in [0.05, 0.1) is 17.6 Å². The molecule has 5 aromatic rings. The van der Waals surface area contributed by atoms with E-state index in [1.807, 2.05) is 36.4 Å². The van der Waals surface area contributed by atoms with Crippen LogP contribution in [0.25, 0.3) is 21.8 Å². The van der Waals surface area contributed by atoms with Crippen molar-refractivity contribution in [3.05, 3.63) is 102 Å². The standard InChI is InChI=1S/C28H26N2O2/c1-21-8-6-11-24(18-21)31-17-7-16-30-27-13-5-4-12-26(27)29-28(30)20-32-25-15-14-22-9-2-3-10-23(22)19-25/h2-6,8-15,18-19H,7,16-17,20H2,1H3. The number of benzene rings is 4. The van der Waals surface area contributed by atoms with Crippen LogP contribution in [0.2, 0.25) is 0 Å². The summed E-state index contributed by atoms with van der Waals surface area (Å²) in [5.41, 5.74) is 3.32. The average Bonchev–Trinajstić information content (AvgIpc) is 3.18. The highest BCUT2D eigenvalue weighted by atomic mass is 16.5. The quantitative estimate of drug-likeness (QED) is 0.266. The molecule has 0 radical (unpaired) electrons. The van der Waals surface area contributed by atoms with Crippen molar-refractivity contribution in [1.82, 2.24) is 9.55 Å². The Balaban J connectivity index is 1.29. The van der Waals surface area contributed by atoms with Crippen molar-refractivity contribution in [2.75, 3.05) is 6.61 Å². The molecule has 4 aromatic carbocycles. The predicted molar refractivity (Wildman–Crippen MR) is 129 cm³/mol. The van der Waals surface area contributed by atoms with Gasteiger partial charge in [0.15, 0.2) is 0 Å². The molecule has 0 N–H and O–H groups in total. The summed E-state index contributed by atoms with van der Waals surface area (Å²) in [7, 11) is 0. The largest absolute Gasteiger partial charge is 0.494 e. The maximum Gasteiger partial charge on any atom is 0.147 e. The number of fused-ring (bicyclic) bond motifs is 2. The third-order valence-corrected chi connectivity index (χ3v) is 5.61. The fraction of sp³-hybridized carbons (Fsp3) is 0.179. The lowest BCUT2D eigenvalue weighted by Gasteiger charge is -2.12. The lowest BCUT2D eigenvalue weighted by atomic mass is 10.1. The minimum absolute atomic E-state index is 0.422. The number of imidazole rings is 1. The lowest BCUT2D eigenvalue weighted by molar-refractivity contribution is 0.280. The van der Waals surface area contributed by atoms with E-state index in [1.165, 1.54) is 16.3 Å². The topological polar surface area (TPSA) is 36.3 Å². The number of ether oxygens (including phenoxy) is 2. The summed E-state index contributed by atoms with van der Waals surface area (Å²) in [4.78, 5) is 4.84. The van der Waals surface area contributed by atoms with Crippen molar-refractivity contribution in [2.45, 2.75) is 26.5 Å². The molecule has 0 saturated heterocycles. The molecular formula is C28H26N2O2. The molecular weight excluding hydrogens is 396 g/mol. The monoisotopic (exact) mass is 422 g/mol. The van der Waals surface area contributed by atoms with E-state index in [4.69, 9.17) is 14.5 Å². The first kappa shape index (κ1) is 20.1. The lowest BCUT2D eigenvalue weighted by Crippen LogP contribution is -2.10. The molecule has 0 saturated carbocycles. The third kappa shape index (κ3) is 4.45. The number of aryl methyl sites for hydroxylation is 2. The molecule has 0 amide bonds. The summed E-state index contributed by atoms with van der Waals surface area (Å²) in [6, 6.07) is 30.9. The number of nitrogens with zero attached hydrogens (tertiary/aromatic N) is 2. The van der Waals surface area contributed by atoms with Crippen LogP contribution >= 0.6 is 0 Å². The molecule has 1 aromatic heterocycles. The molecule has 0 bridgehead atoms. The minimum Gasteiger partial charge on any atom is -0.494 e. The van der Waals surface area contributed by atoms with Crippen LogP contribution in [-0.2, 0) is 13.2 Å². The van der Waals surface area contributed by atoms with Crippen LogP contribution < -0.4 is 9.47 Å². The molecule has 160 valence electrons. The minimum atomic E-state index is 0.422. The van der Waals surface area contributed by atoms with Gasteiger partial charge in [-0.15, -0.1) is 0 Å². The molecule has 0 aliphatic heterocycles. The van der Waals surface area contributed by atoms with Crippen molar-refractivity contribution in [2.24, 2.45) is 0 Å². The van der Waals surface area contributed by atoms with E-state index in [-0.39, 0.29) is 0 Å². The first-order valence-electron chi connectivity index (χ1n) is 11.0. The number of aromatic nitrogens is 2. The Hall–Kier alpha value is -3.79. The summed E-state index contributed by atoms with van der Waals surface area (Å²) in [5, 5.41) is 2.38. The van der Waals surface area contributed by atoms with Gasteiger partial charge in [0.2, 0.25) is 0 Å². The number of rotatable bonds is 8. The van der Waals surface area contributed by atoms with Gasteiger partial charge < -0.3 is 14.0 Å². The number of hydrogen-bond acceptors (Lipinski definition) is 3. The highest BCUT2D eigenvalue weighted by Gasteiger charge is 2.11. The molecule has 0 atom stereocenters. The van der Waals surface area contributed by atoms with Gasteiger partial charge in [-0.3, -0.25) is 0 Å². The van der Waals surface area contributed by atoms with Crippen molar-refractivity contribution in [3.63, 3.8) is 0 Å². The van der Waals surface area contributed by atoms with Gasteiger partial charge in [0.1, 0.15) is 23.9 Å². The van der Waals surface area contributed by atoms with Crippen molar-refractivity contribution in [1.29, 1.82) is 0 Å². The predicted octanol–water partition coefficient (Wildman–Crippen LogP) is 6.55. The van der Waals surface area contributed by atoms with Crippen LogP contribution in [0.5, 0.6) is 11.5 Å². The Morgan fingerprint density at radius 3 is 2.47 bits per heavy atom. The van der Waals surface area contributed by atoms with Crippen LogP contribution in [0.3, 0.4) is 0 Å². The van der Waals surface area contributed by atoms with Crippen LogP contribution in [0.15, 0.2) is 91.0 Å². The first-order valence-corrected chi connectivity index (χ1v) is 11.0. The Kier molecular flexibility index (Phi) is 5.75. The SMILES string of the molecule is Cc1cccc(OCCCn2c(COc3ccc4ccccc4c3)nc3ccccc32)c1.